The minimum atomic E-state index is -0.658. The van der Waals surface area contributed by atoms with Crippen molar-refractivity contribution in [2.75, 3.05) is 54.4 Å². The molecule has 4 aromatic heterocycles. The number of piperazine rings is 1. The van der Waals surface area contributed by atoms with Crippen LogP contribution in [-0.2, 0) is 22.7 Å². The first-order chi connectivity index (χ1) is 26.7. The molecule has 0 aliphatic carbocycles. The maximum absolute atomic E-state index is 13.5. The van der Waals surface area contributed by atoms with Gasteiger partial charge in [-0.2, -0.15) is 4.98 Å². The molecule has 3 saturated heterocycles. The van der Waals surface area contributed by atoms with Gasteiger partial charge in [0.05, 0.1) is 11.8 Å². The van der Waals surface area contributed by atoms with Crippen LogP contribution in [0.25, 0.3) is 22.7 Å². The third-order valence-electron chi connectivity index (χ3n) is 10.7. The van der Waals surface area contributed by atoms with Crippen molar-refractivity contribution in [3.8, 4) is 11.5 Å². The van der Waals surface area contributed by atoms with Gasteiger partial charge in [0, 0.05) is 87.9 Å². The average molecular weight is 747 g/mol. The SMILES string of the molecule is Cc1cc(-c2nc(C(=O)Nc3cc4oc(N5CCN(Cc6cccc7c6CN(C6CCC(=O)NC6=O)C7=O)CC5)nc4nc3N3CC[C@@H](O)C3)co2)ccn1. The van der Waals surface area contributed by atoms with Crippen LogP contribution in [-0.4, -0.2) is 110 Å². The molecule has 3 N–H and O–H groups in total. The smallest absolute Gasteiger partial charge is 0.300 e. The Bertz CT molecular complexity index is 2350. The number of aryl methyl sites for hydroxylation is 1. The van der Waals surface area contributed by atoms with Gasteiger partial charge in [-0.25, -0.2) is 9.97 Å². The van der Waals surface area contributed by atoms with Crippen LogP contribution >= 0.6 is 0 Å². The summed E-state index contributed by atoms with van der Waals surface area (Å²) >= 11 is 0. The number of pyridine rings is 2. The van der Waals surface area contributed by atoms with E-state index in [-0.39, 0.29) is 23.9 Å². The Morgan fingerprint density at radius 1 is 1.02 bits per heavy atom. The molecule has 0 saturated carbocycles. The summed E-state index contributed by atoms with van der Waals surface area (Å²) in [6.07, 6.45) is 3.54. The molecular formula is C38H38N10O7. The summed E-state index contributed by atoms with van der Waals surface area (Å²) in [5.41, 5.74) is 5.31. The van der Waals surface area contributed by atoms with E-state index >= 15 is 0 Å². The summed E-state index contributed by atoms with van der Waals surface area (Å²) in [6.45, 7) is 6.40. The van der Waals surface area contributed by atoms with E-state index in [1.54, 1.807) is 29.3 Å². The molecule has 0 spiro atoms. The van der Waals surface area contributed by atoms with Crippen molar-refractivity contribution in [1.29, 1.82) is 0 Å². The van der Waals surface area contributed by atoms with Gasteiger partial charge in [0.25, 0.3) is 17.8 Å². The van der Waals surface area contributed by atoms with Crippen molar-refractivity contribution < 1.29 is 33.1 Å². The fourth-order valence-electron chi connectivity index (χ4n) is 7.76. The molecule has 4 amide bonds. The summed E-state index contributed by atoms with van der Waals surface area (Å²) < 4.78 is 11.8. The van der Waals surface area contributed by atoms with Crippen LogP contribution in [0, 0.1) is 6.92 Å². The van der Waals surface area contributed by atoms with E-state index in [0.717, 1.165) is 16.8 Å². The lowest BCUT2D eigenvalue weighted by Gasteiger charge is -2.34. The third kappa shape index (κ3) is 6.65. The monoisotopic (exact) mass is 746 g/mol. The number of anilines is 3. The van der Waals surface area contributed by atoms with Crippen molar-refractivity contribution in [2.24, 2.45) is 0 Å². The number of oxazole rings is 2. The summed E-state index contributed by atoms with van der Waals surface area (Å²) in [5.74, 6) is -0.636. The minimum Gasteiger partial charge on any atom is -0.444 e. The van der Waals surface area contributed by atoms with Crippen LogP contribution in [0.1, 0.15) is 56.9 Å². The molecule has 0 bridgehead atoms. The second-order valence-corrected chi connectivity index (χ2v) is 14.4. The zero-order chi connectivity index (χ0) is 37.8. The molecule has 2 atom stereocenters. The number of aliphatic hydroxyl groups excluding tert-OH is 1. The van der Waals surface area contributed by atoms with E-state index in [1.165, 1.54) is 6.26 Å². The zero-order valence-corrected chi connectivity index (χ0v) is 30.0. The van der Waals surface area contributed by atoms with Crippen LogP contribution in [0.3, 0.4) is 0 Å². The zero-order valence-electron chi connectivity index (χ0n) is 30.0. The predicted molar refractivity (Wildman–Crippen MR) is 197 cm³/mol. The molecule has 17 nitrogen and oxygen atoms in total. The van der Waals surface area contributed by atoms with E-state index in [0.29, 0.717) is 111 Å². The van der Waals surface area contributed by atoms with Gasteiger partial charge in [-0.05, 0) is 49.1 Å². The highest BCUT2D eigenvalue weighted by Crippen LogP contribution is 2.34. The number of rotatable bonds is 8. The molecule has 5 aromatic rings. The predicted octanol–water partition coefficient (Wildman–Crippen LogP) is 2.49. The number of piperidine rings is 1. The summed E-state index contributed by atoms with van der Waals surface area (Å²) in [6, 6.07) is 10.7. The normalized spacial score (nSPS) is 20.4. The fourth-order valence-corrected chi connectivity index (χ4v) is 7.76. The number of aliphatic hydroxyl groups is 1. The van der Waals surface area contributed by atoms with E-state index < -0.39 is 24.0 Å². The number of hydrogen-bond acceptors (Lipinski definition) is 14. The van der Waals surface area contributed by atoms with E-state index in [1.807, 2.05) is 30.0 Å². The molecule has 3 fully saturated rings. The number of carbonyl (C=O) groups is 4. The molecular weight excluding hydrogens is 708 g/mol. The maximum Gasteiger partial charge on any atom is 0.300 e. The number of fused-ring (bicyclic) bond motifs is 2. The molecule has 282 valence electrons. The first-order valence-electron chi connectivity index (χ1n) is 18.3. The summed E-state index contributed by atoms with van der Waals surface area (Å²) in [4.78, 5) is 77.0. The molecule has 4 aliphatic rings. The van der Waals surface area contributed by atoms with E-state index in [4.69, 9.17) is 18.8 Å². The van der Waals surface area contributed by atoms with E-state index in [9.17, 15) is 24.3 Å². The Labute approximate surface area is 314 Å². The van der Waals surface area contributed by atoms with Gasteiger partial charge in [0.15, 0.2) is 17.1 Å². The maximum atomic E-state index is 13.5. The molecule has 9 rings (SSSR count). The molecule has 17 heteroatoms. The largest absolute Gasteiger partial charge is 0.444 e. The number of nitrogens with one attached hydrogen (secondary N) is 2. The van der Waals surface area contributed by atoms with Crippen molar-refractivity contribution in [1.82, 2.24) is 35.1 Å². The molecule has 8 heterocycles. The van der Waals surface area contributed by atoms with Gasteiger partial charge in [-0.1, -0.05) is 12.1 Å². The lowest BCUT2D eigenvalue weighted by atomic mass is 10.0. The Balaban J connectivity index is 0.893. The number of aromatic nitrogens is 4. The highest BCUT2D eigenvalue weighted by molar-refractivity contribution is 6.06. The van der Waals surface area contributed by atoms with Crippen LogP contribution in [0.15, 0.2) is 57.7 Å². The Morgan fingerprint density at radius 3 is 2.65 bits per heavy atom. The summed E-state index contributed by atoms with van der Waals surface area (Å²) in [7, 11) is 0. The van der Waals surface area contributed by atoms with Crippen LogP contribution in [0.4, 0.5) is 17.5 Å². The number of β-amino-alcohol motifs (C(OH)–C–C–N with tert-alkyl or cyclic N) is 1. The number of carbonyl (C=O) groups excluding carboxylic acids is 4. The van der Waals surface area contributed by atoms with Crippen LogP contribution in [0.5, 0.6) is 0 Å². The van der Waals surface area contributed by atoms with Gasteiger partial charge >= 0.3 is 0 Å². The van der Waals surface area contributed by atoms with Crippen LogP contribution in [0.2, 0.25) is 0 Å². The average Bonchev–Trinajstić information content (AvgIpc) is 3.99. The number of nitrogens with zero attached hydrogens (tertiary/aromatic N) is 8. The number of benzene rings is 1. The van der Waals surface area contributed by atoms with E-state index in [2.05, 4.69) is 30.4 Å². The van der Waals surface area contributed by atoms with Gasteiger partial charge in [-0.15, -0.1) is 0 Å². The quantitative estimate of drug-likeness (QED) is 0.195. The van der Waals surface area contributed by atoms with Gasteiger partial charge in [-0.3, -0.25) is 34.4 Å². The van der Waals surface area contributed by atoms with Crippen LogP contribution < -0.4 is 20.4 Å². The fraction of sp³-hybridized carbons (Fsp3) is 0.368. The second-order valence-electron chi connectivity index (χ2n) is 14.4. The summed E-state index contributed by atoms with van der Waals surface area (Å²) in [5, 5.41) is 15.6. The lowest BCUT2D eigenvalue weighted by Crippen LogP contribution is -2.52. The van der Waals surface area contributed by atoms with Crippen molar-refractivity contribution >= 4 is 52.4 Å². The molecule has 0 radical (unpaired) electrons. The van der Waals surface area contributed by atoms with Crippen molar-refractivity contribution in [3.05, 3.63) is 76.9 Å². The molecule has 55 heavy (non-hydrogen) atoms. The van der Waals surface area contributed by atoms with Gasteiger partial charge < -0.3 is 34.0 Å². The van der Waals surface area contributed by atoms with Gasteiger partial charge in [0.2, 0.25) is 23.4 Å². The number of hydrogen-bond donors (Lipinski definition) is 3. The first kappa shape index (κ1) is 34.6. The highest BCUT2D eigenvalue weighted by Gasteiger charge is 2.40. The molecule has 1 aromatic carbocycles. The first-order valence-corrected chi connectivity index (χ1v) is 18.3. The highest BCUT2D eigenvalue weighted by atomic mass is 16.4. The lowest BCUT2D eigenvalue weighted by molar-refractivity contribution is -0.136. The number of amides is 4. The number of imide groups is 1. The topological polar surface area (TPSA) is 203 Å². The molecule has 4 aliphatic heterocycles. The standard InChI is InChI=1S/C38H38N10O7/c1-21-15-22(7-9-39-21)36-41-28(20-54-36)34(51)40-27-16-30-32(43-33(27)47-10-8-24(49)18-47)44-38(55-30)46-13-11-45(12-14-46)17-23-3-2-4-25-26(23)19-48(37(25)53)29-5-6-31(50)42-35(29)52/h2-4,7,9,15-16,20,24,29,49H,5-6,8,10-14,17-19H2,1H3,(H,40,51)(H,42,50,52)/t24-,29?/m1/s1. The Hall–Kier alpha value is -6.20. The van der Waals surface area contributed by atoms with Gasteiger partial charge in [0.1, 0.15) is 12.3 Å². The minimum absolute atomic E-state index is 0.0896. The third-order valence-corrected chi connectivity index (χ3v) is 10.7. The van der Waals surface area contributed by atoms with Crippen molar-refractivity contribution in [2.45, 2.75) is 51.4 Å². The molecule has 1 unspecified atom stereocenters. The Kier molecular flexibility index (Phi) is 8.73. The second kappa shape index (κ2) is 13.9. The van der Waals surface area contributed by atoms with Crippen molar-refractivity contribution in [3.63, 3.8) is 0 Å². The Morgan fingerprint density at radius 2 is 1.87 bits per heavy atom.